The van der Waals surface area contributed by atoms with Crippen LogP contribution in [0.3, 0.4) is 0 Å². The van der Waals surface area contributed by atoms with Gasteiger partial charge in [0.05, 0.1) is 11.7 Å². The van der Waals surface area contributed by atoms with E-state index in [4.69, 9.17) is 0 Å². The highest BCUT2D eigenvalue weighted by atomic mass is 32.2. The van der Waals surface area contributed by atoms with Crippen LogP contribution in [-0.2, 0) is 13.0 Å². The standard InChI is InChI=1S/C29H37N5S/c1-21(2)18-28-29(22(3)34(4)32-28)33-35-27-13-11-24(12-14-27)25-9-7-8-23(19-25)20-30-17-15-26-10-5-6-16-31-26/h5-14,16,19,21,28,30,32-33H,15,17-18,20H2,1-4H3. The predicted octanol–water partition coefficient (Wildman–Crippen LogP) is 5.77. The average Bonchev–Trinajstić information content (AvgIpc) is 3.13. The van der Waals surface area contributed by atoms with E-state index in [2.05, 4.69) is 108 Å². The summed E-state index contributed by atoms with van der Waals surface area (Å²) < 4.78 is 3.62. The maximum absolute atomic E-state index is 4.39. The maximum Gasteiger partial charge on any atom is 0.0687 e. The zero-order chi connectivity index (χ0) is 24.6. The van der Waals surface area contributed by atoms with Crippen LogP contribution in [0.4, 0.5) is 0 Å². The number of nitrogens with one attached hydrogen (secondary N) is 3. The zero-order valence-electron chi connectivity index (χ0n) is 21.2. The first-order chi connectivity index (χ1) is 17.0. The number of rotatable bonds is 11. The third-order valence-corrected chi connectivity index (χ3v) is 7.13. The second-order valence-corrected chi connectivity index (χ2v) is 10.4. The Labute approximate surface area is 214 Å². The molecule has 0 radical (unpaired) electrons. The first-order valence-electron chi connectivity index (χ1n) is 12.4. The molecule has 1 atom stereocenters. The van der Waals surface area contributed by atoms with Crippen LogP contribution in [0.2, 0.25) is 0 Å². The summed E-state index contributed by atoms with van der Waals surface area (Å²) in [5.41, 5.74) is 11.0. The largest absolute Gasteiger partial charge is 0.326 e. The summed E-state index contributed by atoms with van der Waals surface area (Å²) in [5, 5.41) is 5.66. The van der Waals surface area contributed by atoms with Gasteiger partial charge >= 0.3 is 0 Å². The molecular formula is C29H37N5S. The highest BCUT2D eigenvalue weighted by Gasteiger charge is 2.27. The Morgan fingerprint density at radius 2 is 1.86 bits per heavy atom. The van der Waals surface area contributed by atoms with E-state index in [0.717, 1.165) is 31.6 Å². The molecule has 6 heteroatoms. The Bertz CT molecular complexity index is 1110. The minimum atomic E-state index is 0.340. The molecule has 1 aliphatic heterocycles. The van der Waals surface area contributed by atoms with E-state index in [1.165, 1.54) is 33.0 Å². The van der Waals surface area contributed by atoms with Gasteiger partial charge in [0.15, 0.2) is 0 Å². The van der Waals surface area contributed by atoms with E-state index < -0.39 is 0 Å². The quantitative estimate of drug-likeness (QED) is 0.236. The van der Waals surface area contributed by atoms with Crippen molar-refractivity contribution in [2.24, 2.45) is 5.92 Å². The number of benzene rings is 2. The summed E-state index contributed by atoms with van der Waals surface area (Å²) in [6, 6.07) is 24.0. The van der Waals surface area contributed by atoms with Gasteiger partial charge in [-0.3, -0.25) is 4.98 Å². The van der Waals surface area contributed by atoms with Gasteiger partial charge in [-0.1, -0.05) is 50.2 Å². The van der Waals surface area contributed by atoms with Crippen molar-refractivity contribution in [1.29, 1.82) is 0 Å². The molecule has 0 fully saturated rings. The Morgan fingerprint density at radius 3 is 2.60 bits per heavy atom. The Hall–Kier alpha value is -2.80. The fourth-order valence-corrected chi connectivity index (χ4v) is 5.09. The van der Waals surface area contributed by atoms with Crippen LogP contribution >= 0.6 is 11.9 Å². The average molecular weight is 488 g/mol. The summed E-state index contributed by atoms with van der Waals surface area (Å²) in [6.07, 6.45) is 3.90. The molecule has 2 aromatic carbocycles. The summed E-state index contributed by atoms with van der Waals surface area (Å²) in [5.74, 6) is 0.639. The van der Waals surface area contributed by atoms with E-state index >= 15 is 0 Å². The summed E-state index contributed by atoms with van der Waals surface area (Å²) in [6.45, 7) is 8.48. The predicted molar refractivity (Wildman–Crippen MR) is 147 cm³/mol. The van der Waals surface area contributed by atoms with Crippen molar-refractivity contribution in [3.63, 3.8) is 0 Å². The first kappa shape index (κ1) is 25.3. The molecule has 1 aromatic heterocycles. The van der Waals surface area contributed by atoms with E-state index in [9.17, 15) is 0 Å². The molecule has 0 saturated heterocycles. The molecule has 184 valence electrons. The molecule has 0 amide bonds. The van der Waals surface area contributed by atoms with E-state index in [1.54, 1.807) is 11.9 Å². The van der Waals surface area contributed by atoms with Crippen molar-refractivity contribution in [3.8, 4) is 11.1 Å². The van der Waals surface area contributed by atoms with Crippen molar-refractivity contribution >= 4 is 11.9 Å². The molecule has 1 unspecified atom stereocenters. The van der Waals surface area contributed by atoms with Gasteiger partial charge < -0.3 is 15.0 Å². The van der Waals surface area contributed by atoms with Crippen LogP contribution in [0.5, 0.6) is 0 Å². The lowest BCUT2D eigenvalue weighted by Crippen LogP contribution is -2.36. The smallest absolute Gasteiger partial charge is 0.0687 e. The number of hydrogen-bond acceptors (Lipinski definition) is 6. The lowest BCUT2D eigenvalue weighted by molar-refractivity contribution is 0.289. The van der Waals surface area contributed by atoms with Crippen molar-refractivity contribution in [1.82, 2.24) is 25.5 Å². The van der Waals surface area contributed by atoms with Gasteiger partial charge in [-0.2, -0.15) is 0 Å². The highest BCUT2D eigenvalue weighted by molar-refractivity contribution is 7.97. The third-order valence-electron chi connectivity index (χ3n) is 6.30. The molecule has 5 nitrogen and oxygen atoms in total. The first-order valence-corrected chi connectivity index (χ1v) is 13.2. The van der Waals surface area contributed by atoms with Crippen molar-refractivity contribution < 1.29 is 0 Å². The summed E-state index contributed by atoms with van der Waals surface area (Å²) >= 11 is 1.68. The molecule has 0 saturated carbocycles. The van der Waals surface area contributed by atoms with E-state index in [-0.39, 0.29) is 0 Å². The van der Waals surface area contributed by atoms with Gasteiger partial charge in [-0.05, 0) is 78.2 Å². The number of hydrogen-bond donors (Lipinski definition) is 3. The normalized spacial score (nSPS) is 15.8. The topological polar surface area (TPSA) is 52.2 Å². The minimum absolute atomic E-state index is 0.340. The molecule has 0 spiro atoms. The van der Waals surface area contributed by atoms with Crippen LogP contribution in [0.1, 0.15) is 38.4 Å². The fourth-order valence-electron chi connectivity index (χ4n) is 4.30. The van der Waals surface area contributed by atoms with Crippen molar-refractivity contribution in [3.05, 3.63) is 95.6 Å². The fraction of sp³-hybridized carbons (Fsp3) is 0.345. The number of nitrogens with zero attached hydrogens (tertiary/aromatic N) is 2. The van der Waals surface area contributed by atoms with Crippen LogP contribution in [0.25, 0.3) is 11.1 Å². The second kappa shape index (κ2) is 12.2. The number of aromatic nitrogens is 1. The van der Waals surface area contributed by atoms with Gasteiger partial charge in [0.1, 0.15) is 0 Å². The summed E-state index contributed by atoms with van der Waals surface area (Å²) in [4.78, 5) is 5.60. The molecular weight excluding hydrogens is 450 g/mol. The summed E-state index contributed by atoms with van der Waals surface area (Å²) in [7, 11) is 2.08. The Balaban J connectivity index is 1.31. The zero-order valence-corrected chi connectivity index (χ0v) is 22.0. The molecule has 3 aromatic rings. The molecule has 3 N–H and O–H groups in total. The molecule has 2 heterocycles. The lowest BCUT2D eigenvalue weighted by Gasteiger charge is -2.19. The maximum atomic E-state index is 4.39. The SMILES string of the molecule is CC1=C(NSc2ccc(-c3cccc(CNCCc4ccccn4)c3)cc2)C(CC(C)C)NN1C. The lowest BCUT2D eigenvalue weighted by atomic mass is 10.0. The van der Waals surface area contributed by atoms with Gasteiger partial charge in [0.25, 0.3) is 0 Å². The Kier molecular flexibility index (Phi) is 8.85. The van der Waals surface area contributed by atoms with Crippen LogP contribution in [0.15, 0.2) is 89.2 Å². The highest BCUT2D eigenvalue weighted by Crippen LogP contribution is 2.28. The van der Waals surface area contributed by atoms with Gasteiger partial charge in [0.2, 0.25) is 0 Å². The number of pyridine rings is 1. The third kappa shape index (κ3) is 7.10. The van der Waals surface area contributed by atoms with Crippen molar-refractivity contribution in [2.75, 3.05) is 13.6 Å². The van der Waals surface area contributed by atoms with Crippen molar-refractivity contribution in [2.45, 2.75) is 51.1 Å². The van der Waals surface area contributed by atoms with Crippen LogP contribution in [0, 0.1) is 5.92 Å². The van der Waals surface area contributed by atoms with Crippen LogP contribution in [-0.4, -0.2) is 29.6 Å². The van der Waals surface area contributed by atoms with Crippen LogP contribution < -0.4 is 15.5 Å². The minimum Gasteiger partial charge on any atom is -0.326 e. The number of allylic oxidation sites excluding steroid dienone is 1. The second-order valence-electron chi connectivity index (χ2n) is 9.55. The number of hydrazine groups is 1. The van der Waals surface area contributed by atoms with E-state index in [0.29, 0.717) is 12.0 Å². The molecule has 0 aliphatic carbocycles. The monoisotopic (exact) mass is 487 g/mol. The van der Waals surface area contributed by atoms with E-state index in [1.807, 2.05) is 18.3 Å². The van der Waals surface area contributed by atoms with Gasteiger partial charge in [-0.15, -0.1) is 0 Å². The van der Waals surface area contributed by atoms with Gasteiger partial charge in [0, 0.05) is 49.0 Å². The molecule has 35 heavy (non-hydrogen) atoms. The van der Waals surface area contributed by atoms with Gasteiger partial charge in [-0.25, -0.2) is 5.43 Å². The molecule has 4 rings (SSSR count). The molecule has 0 bridgehead atoms. The molecule has 1 aliphatic rings. The Morgan fingerprint density at radius 1 is 1.03 bits per heavy atom.